The SMILES string of the molecule is Cc1ccc(C2OCC(CC(=O)O)O2)s1. The first-order valence-corrected chi connectivity index (χ1v) is 5.52. The fourth-order valence-corrected chi connectivity index (χ4v) is 2.34. The van der Waals surface area contributed by atoms with Gasteiger partial charge in [0.25, 0.3) is 0 Å². The summed E-state index contributed by atoms with van der Waals surface area (Å²) in [5.74, 6) is -0.855. The van der Waals surface area contributed by atoms with Gasteiger partial charge in [-0.05, 0) is 19.1 Å². The highest BCUT2D eigenvalue weighted by Crippen LogP contribution is 2.32. The summed E-state index contributed by atoms with van der Waals surface area (Å²) in [4.78, 5) is 12.7. The van der Waals surface area contributed by atoms with Gasteiger partial charge in [-0.2, -0.15) is 0 Å². The van der Waals surface area contributed by atoms with Crippen molar-refractivity contribution in [3.05, 3.63) is 21.9 Å². The van der Waals surface area contributed by atoms with Gasteiger partial charge in [0.1, 0.15) is 0 Å². The second-order valence-corrected chi connectivity index (χ2v) is 4.79. The lowest BCUT2D eigenvalue weighted by Gasteiger charge is -2.07. The number of carboxylic acid groups (broad SMARTS) is 1. The highest BCUT2D eigenvalue weighted by Gasteiger charge is 2.29. The Kier molecular flexibility index (Phi) is 3.04. The maximum Gasteiger partial charge on any atom is 0.306 e. The van der Waals surface area contributed by atoms with Gasteiger partial charge in [0, 0.05) is 4.88 Å². The number of rotatable bonds is 3. The largest absolute Gasteiger partial charge is 0.481 e. The van der Waals surface area contributed by atoms with E-state index < -0.39 is 5.97 Å². The minimum absolute atomic E-state index is 0.000851. The molecule has 2 atom stereocenters. The Morgan fingerprint density at radius 3 is 3.07 bits per heavy atom. The van der Waals surface area contributed by atoms with Crippen LogP contribution in [0.1, 0.15) is 22.5 Å². The zero-order chi connectivity index (χ0) is 10.8. The van der Waals surface area contributed by atoms with E-state index in [-0.39, 0.29) is 18.8 Å². The monoisotopic (exact) mass is 228 g/mol. The molecule has 4 nitrogen and oxygen atoms in total. The van der Waals surface area contributed by atoms with Crippen LogP contribution in [0.25, 0.3) is 0 Å². The van der Waals surface area contributed by atoms with Crippen molar-refractivity contribution in [1.29, 1.82) is 0 Å². The molecule has 0 aliphatic carbocycles. The lowest BCUT2D eigenvalue weighted by atomic mass is 10.3. The van der Waals surface area contributed by atoms with Gasteiger partial charge < -0.3 is 14.6 Å². The maximum atomic E-state index is 10.5. The zero-order valence-electron chi connectivity index (χ0n) is 8.30. The predicted octanol–water partition coefficient (Wildman–Crippen LogP) is 1.95. The molecule has 5 heteroatoms. The quantitative estimate of drug-likeness (QED) is 0.859. The van der Waals surface area contributed by atoms with Crippen molar-refractivity contribution in [2.24, 2.45) is 0 Å². The van der Waals surface area contributed by atoms with Crippen molar-refractivity contribution >= 4 is 17.3 Å². The number of aryl methyl sites for hydroxylation is 1. The van der Waals surface area contributed by atoms with Crippen molar-refractivity contribution < 1.29 is 19.4 Å². The number of hydrogen-bond donors (Lipinski definition) is 1. The molecule has 1 aliphatic heterocycles. The van der Waals surface area contributed by atoms with Crippen molar-refractivity contribution in [2.75, 3.05) is 6.61 Å². The molecule has 1 aromatic rings. The summed E-state index contributed by atoms with van der Waals surface area (Å²) < 4.78 is 10.9. The van der Waals surface area contributed by atoms with Crippen LogP contribution in [-0.4, -0.2) is 23.8 Å². The van der Waals surface area contributed by atoms with Gasteiger partial charge >= 0.3 is 5.97 Å². The maximum absolute atomic E-state index is 10.5. The Bertz CT molecular complexity index is 360. The molecule has 0 amide bonds. The summed E-state index contributed by atoms with van der Waals surface area (Å²) in [7, 11) is 0. The van der Waals surface area contributed by atoms with Crippen molar-refractivity contribution in [3.63, 3.8) is 0 Å². The molecule has 1 fully saturated rings. The molecule has 2 unspecified atom stereocenters. The first kappa shape index (κ1) is 10.6. The van der Waals surface area contributed by atoms with Crippen LogP contribution >= 0.6 is 11.3 Å². The van der Waals surface area contributed by atoms with Gasteiger partial charge in [-0.25, -0.2) is 0 Å². The van der Waals surface area contributed by atoms with Gasteiger partial charge in [0.05, 0.1) is 24.0 Å². The third-order valence-corrected chi connectivity index (χ3v) is 3.17. The van der Waals surface area contributed by atoms with E-state index in [1.54, 1.807) is 11.3 Å². The summed E-state index contributed by atoms with van der Waals surface area (Å²) >= 11 is 1.61. The molecule has 1 aliphatic rings. The minimum Gasteiger partial charge on any atom is -0.481 e. The van der Waals surface area contributed by atoms with Gasteiger partial charge in [-0.15, -0.1) is 11.3 Å². The number of hydrogen-bond acceptors (Lipinski definition) is 4. The third kappa shape index (κ3) is 2.56. The topological polar surface area (TPSA) is 55.8 Å². The Morgan fingerprint density at radius 2 is 2.47 bits per heavy atom. The van der Waals surface area contributed by atoms with Crippen LogP contribution < -0.4 is 0 Å². The third-order valence-electron chi connectivity index (χ3n) is 2.15. The summed E-state index contributed by atoms with van der Waals surface area (Å²) in [6.07, 6.45) is -0.705. The fraction of sp³-hybridized carbons (Fsp3) is 0.500. The van der Waals surface area contributed by atoms with Gasteiger partial charge in [-0.3, -0.25) is 4.79 Å². The zero-order valence-corrected chi connectivity index (χ0v) is 9.12. The second-order valence-electron chi connectivity index (χ2n) is 3.47. The molecule has 1 saturated heterocycles. The standard InChI is InChI=1S/C10H12O4S/c1-6-2-3-8(15-6)10-13-5-7(14-10)4-9(11)12/h2-3,7,10H,4-5H2,1H3,(H,11,12). The van der Waals surface area contributed by atoms with E-state index in [2.05, 4.69) is 0 Å². The van der Waals surface area contributed by atoms with Crippen LogP contribution in [0.2, 0.25) is 0 Å². The van der Waals surface area contributed by atoms with Crippen LogP contribution in [-0.2, 0) is 14.3 Å². The number of carbonyl (C=O) groups is 1. The molecular formula is C10H12O4S. The Morgan fingerprint density at radius 1 is 1.67 bits per heavy atom. The smallest absolute Gasteiger partial charge is 0.306 e. The lowest BCUT2D eigenvalue weighted by molar-refractivity contribution is -0.140. The molecule has 0 bridgehead atoms. The molecular weight excluding hydrogens is 216 g/mol. The lowest BCUT2D eigenvalue weighted by Crippen LogP contribution is -2.14. The number of carboxylic acids is 1. The van der Waals surface area contributed by atoms with E-state index in [4.69, 9.17) is 14.6 Å². The second kappa shape index (κ2) is 4.30. The van der Waals surface area contributed by atoms with Gasteiger partial charge in [-0.1, -0.05) is 0 Å². The number of aliphatic carboxylic acids is 1. The van der Waals surface area contributed by atoms with Crippen molar-refractivity contribution in [1.82, 2.24) is 0 Å². The molecule has 1 aromatic heterocycles. The summed E-state index contributed by atoms with van der Waals surface area (Å²) in [5, 5.41) is 8.60. The first-order valence-electron chi connectivity index (χ1n) is 4.70. The molecule has 0 radical (unpaired) electrons. The van der Waals surface area contributed by atoms with Crippen molar-refractivity contribution in [2.45, 2.75) is 25.7 Å². The van der Waals surface area contributed by atoms with Crippen LogP contribution in [0.5, 0.6) is 0 Å². The summed E-state index contributed by atoms with van der Waals surface area (Å²) in [6, 6.07) is 3.95. The normalized spacial score (nSPS) is 25.7. The fourth-order valence-electron chi connectivity index (χ4n) is 1.48. The Balaban J connectivity index is 1.95. The molecule has 2 heterocycles. The summed E-state index contributed by atoms with van der Waals surface area (Å²) in [5.41, 5.74) is 0. The average Bonchev–Trinajstić information content (AvgIpc) is 2.72. The van der Waals surface area contributed by atoms with E-state index in [0.717, 1.165) is 4.88 Å². The molecule has 82 valence electrons. The van der Waals surface area contributed by atoms with E-state index in [9.17, 15) is 4.79 Å². The first-order chi connectivity index (χ1) is 7.15. The van der Waals surface area contributed by atoms with Crippen LogP contribution in [0.15, 0.2) is 12.1 Å². The highest BCUT2D eigenvalue weighted by molar-refractivity contribution is 7.11. The molecule has 2 rings (SSSR count). The average molecular weight is 228 g/mol. The molecule has 15 heavy (non-hydrogen) atoms. The predicted molar refractivity (Wildman–Crippen MR) is 54.9 cm³/mol. The van der Waals surface area contributed by atoms with Crippen molar-refractivity contribution in [3.8, 4) is 0 Å². The van der Waals surface area contributed by atoms with Gasteiger partial charge in [0.2, 0.25) is 0 Å². The minimum atomic E-state index is -0.855. The van der Waals surface area contributed by atoms with Crippen LogP contribution in [0.4, 0.5) is 0 Å². The van der Waals surface area contributed by atoms with E-state index in [0.29, 0.717) is 6.61 Å². The summed E-state index contributed by atoms with van der Waals surface area (Å²) in [6.45, 7) is 2.37. The Labute approximate surface area is 91.4 Å². The van der Waals surface area contributed by atoms with E-state index in [1.807, 2.05) is 19.1 Å². The highest BCUT2D eigenvalue weighted by atomic mass is 32.1. The van der Waals surface area contributed by atoms with E-state index >= 15 is 0 Å². The molecule has 1 N–H and O–H groups in total. The Hall–Kier alpha value is -0.910. The van der Waals surface area contributed by atoms with Gasteiger partial charge in [0.15, 0.2) is 6.29 Å². The molecule has 0 saturated carbocycles. The number of ether oxygens (including phenoxy) is 2. The number of thiophene rings is 1. The van der Waals surface area contributed by atoms with Crippen LogP contribution in [0.3, 0.4) is 0 Å². The van der Waals surface area contributed by atoms with E-state index in [1.165, 1.54) is 4.88 Å². The molecule has 0 aromatic carbocycles. The molecule has 0 spiro atoms. The van der Waals surface area contributed by atoms with Crippen LogP contribution in [0, 0.1) is 6.92 Å².